The number of carbonyl (C=O) groups excluding carboxylic acids is 1. The number of ketones is 1. The number of carbonyl (C=O) groups is 1. The average Bonchev–Trinajstić information content (AvgIpc) is 3.21. The van der Waals surface area contributed by atoms with Crippen LogP contribution in [0.4, 0.5) is 5.82 Å². The molecule has 3 aromatic rings. The number of fused-ring (bicyclic) bond motifs is 1. The third-order valence-corrected chi connectivity index (χ3v) is 6.17. The highest BCUT2D eigenvalue weighted by atomic mass is 16.1. The lowest BCUT2D eigenvalue weighted by atomic mass is 10.0. The highest BCUT2D eigenvalue weighted by Crippen LogP contribution is 2.28. The van der Waals surface area contributed by atoms with Crippen LogP contribution in [-0.4, -0.2) is 39.5 Å². The van der Waals surface area contributed by atoms with E-state index in [2.05, 4.69) is 38.9 Å². The molecule has 0 aliphatic carbocycles. The zero-order chi connectivity index (χ0) is 22.8. The normalized spacial score (nSPS) is 17.3. The van der Waals surface area contributed by atoms with E-state index < -0.39 is 0 Å². The van der Waals surface area contributed by atoms with Gasteiger partial charge in [-0.15, -0.1) is 0 Å². The van der Waals surface area contributed by atoms with E-state index in [1.165, 1.54) is 12.8 Å². The topological polar surface area (TPSA) is 112 Å². The quantitative estimate of drug-likeness (QED) is 0.506. The van der Waals surface area contributed by atoms with Crippen LogP contribution in [0.15, 0.2) is 47.9 Å². The first kappa shape index (κ1) is 21.7. The zero-order valence-corrected chi connectivity index (χ0v) is 18.9. The summed E-state index contributed by atoms with van der Waals surface area (Å²) >= 11 is 0. The van der Waals surface area contributed by atoms with Crippen molar-refractivity contribution in [1.82, 2.24) is 15.0 Å². The summed E-state index contributed by atoms with van der Waals surface area (Å²) in [7, 11) is 0. The van der Waals surface area contributed by atoms with E-state index in [-0.39, 0.29) is 17.9 Å². The van der Waals surface area contributed by atoms with Crippen molar-refractivity contribution < 1.29 is 4.79 Å². The van der Waals surface area contributed by atoms with E-state index >= 15 is 0 Å². The van der Waals surface area contributed by atoms with Crippen molar-refractivity contribution in [3.63, 3.8) is 0 Å². The van der Waals surface area contributed by atoms with Crippen molar-refractivity contribution >= 4 is 28.3 Å². The molecule has 1 unspecified atom stereocenters. The van der Waals surface area contributed by atoms with Gasteiger partial charge in [0.1, 0.15) is 17.2 Å². The molecule has 4 N–H and O–H groups in total. The molecular weight excluding hydrogens is 400 g/mol. The molecule has 7 heteroatoms. The van der Waals surface area contributed by atoms with Gasteiger partial charge in [-0.3, -0.25) is 10.2 Å². The van der Waals surface area contributed by atoms with Gasteiger partial charge in [0, 0.05) is 54.2 Å². The van der Waals surface area contributed by atoms with Gasteiger partial charge in [0.05, 0.1) is 0 Å². The molecule has 7 nitrogen and oxygen atoms in total. The Morgan fingerprint density at radius 2 is 2.09 bits per heavy atom. The van der Waals surface area contributed by atoms with Crippen LogP contribution in [-0.2, 0) is 11.2 Å². The molecule has 1 aliphatic rings. The van der Waals surface area contributed by atoms with Crippen molar-refractivity contribution in [2.45, 2.75) is 40.0 Å². The molecule has 1 saturated heterocycles. The third kappa shape index (κ3) is 4.56. The fraction of sp³-hybridized carbons (Fsp3) is 0.360. The van der Waals surface area contributed by atoms with Crippen LogP contribution >= 0.6 is 0 Å². The van der Waals surface area contributed by atoms with E-state index in [0.29, 0.717) is 17.2 Å². The van der Waals surface area contributed by atoms with Gasteiger partial charge in [0.2, 0.25) is 0 Å². The summed E-state index contributed by atoms with van der Waals surface area (Å²) in [6.45, 7) is 7.76. The number of anilines is 1. The summed E-state index contributed by atoms with van der Waals surface area (Å²) in [6, 6.07) is 8.13. The molecule has 166 valence electrons. The maximum Gasteiger partial charge on any atom is 0.185 e. The number of aromatic nitrogens is 3. The molecule has 1 aliphatic heterocycles. The molecule has 0 aromatic carbocycles. The number of nitrogens with one attached hydrogen (secondary N) is 2. The Morgan fingerprint density at radius 1 is 1.28 bits per heavy atom. The summed E-state index contributed by atoms with van der Waals surface area (Å²) in [6.07, 6.45) is 6.14. The minimum absolute atomic E-state index is 0.0452. The lowest BCUT2D eigenvalue weighted by molar-refractivity contribution is -0.112. The van der Waals surface area contributed by atoms with Gasteiger partial charge in [-0.05, 0) is 68.0 Å². The van der Waals surface area contributed by atoms with Gasteiger partial charge in [0.25, 0.3) is 0 Å². The van der Waals surface area contributed by atoms with E-state index in [1.54, 1.807) is 20.0 Å². The minimum Gasteiger partial charge on any atom is -0.402 e. The second-order valence-electron chi connectivity index (χ2n) is 8.84. The molecule has 1 fully saturated rings. The third-order valence-electron chi connectivity index (χ3n) is 6.17. The second kappa shape index (κ2) is 8.94. The molecule has 0 bridgehead atoms. The SMILES string of the molecule is C/C(N)=C(\C)C(=N)C(=O)Cc1cnc2[nH]c(-c3ccnc(N4CCCC(C)C4)c3)cc2c1. The molecular formula is C25H30N6O. The van der Waals surface area contributed by atoms with Crippen LogP contribution < -0.4 is 10.6 Å². The number of hydrogen-bond acceptors (Lipinski definition) is 6. The molecule has 3 aromatic heterocycles. The van der Waals surface area contributed by atoms with Crippen LogP contribution in [0, 0.1) is 11.3 Å². The summed E-state index contributed by atoms with van der Waals surface area (Å²) < 4.78 is 0. The van der Waals surface area contributed by atoms with Gasteiger partial charge in [0.15, 0.2) is 5.78 Å². The van der Waals surface area contributed by atoms with Crippen molar-refractivity contribution in [3.8, 4) is 11.3 Å². The van der Waals surface area contributed by atoms with Crippen LogP contribution in [0.25, 0.3) is 22.3 Å². The number of nitrogens with two attached hydrogens (primary N) is 1. The second-order valence-corrected chi connectivity index (χ2v) is 8.84. The zero-order valence-electron chi connectivity index (χ0n) is 18.9. The molecule has 0 amide bonds. The van der Waals surface area contributed by atoms with Gasteiger partial charge in [-0.25, -0.2) is 9.97 Å². The Bertz CT molecular complexity index is 1200. The standard InChI is InChI=1S/C25H30N6O/c1-15-5-4-8-31(14-15)23-12-19(6-7-28-23)21-11-20-9-18(13-29-25(20)30-21)10-22(32)24(27)16(2)17(3)26/h6-7,9,11-13,15,27H,4-5,8,10,14,26H2,1-3H3,(H,29,30)/b17-16-,27-24?. The van der Waals surface area contributed by atoms with Crippen LogP contribution in [0.3, 0.4) is 0 Å². The highest BCUT2D eigenvalue weighted by molar-refractivity contribution is 6.45. The Morgan fingerprint density at radius 3 is 2.84 bits per heavy atom. The largest absolute Gasteiger partial charge is 0.402 e. The molecule has 0 spiro atoms. The number of H-pyrrole nitrogens is 1. The monoisotopic (exact) mass is 430 g/mol. The van der Waals surface area contributed by atoms with E-state index in [9.17, 15) is 4.79 Å². The number of nitrogens with zero attached hydrogens (tertiary/aromatic N) is 3. The van der Waals surface area contributed by atoms with Crippen LogP contribution in [0.2, 0.25) is 0 Å². The first-order valence-corrected chi connectivity index (χ1v) is 11.1. The Labute approximate surface area is 188 Å². The summed E-state index contributed by atoms with van der Waals surface area (Å²) in [5.41, 5.74) is 10.3. The molecule has 32 heavy (non-hydrogen) atoms. The summed E-state index contributed by atoms with van der Waals surface area (Å²) in [5.74, 6) is 1.42. The van der Waals surface area contributed by atoms with Crippen molar-refractivity contribution in [2.75, 3.05) is 18.0 Å². The van der Waals surface area contributed by atoms with Gasteiger partial charge >= 0.3 is 0 Å². The van der Waals surface area contributed by atoms with E-state index in [1.807, 2.05) is 18.3 Å². The number of allylic oxidation sites excluding steroid dienone is 2. The Hall–Kier alpha value is -3.48. The maximum absolute atomic E-state index is 12.5. The fourth-order valence-electron chi connectivity index (χ4n) is 4.15. The molecule has 4 rings (SSSR count). The van der Waals surface area contributed by atoms with Crippen molar-refractivity contribution in [3.05, 3.63) is 53.5 Å². The minimum atomic E-state index is -0.265. The fourth-order valence-corrected chi connectivity index (χ4v) is 4.15. The first-order valence-electron chi connectivity index (χ1n) is 11.1. The molecule has 1 atom stereocenters. The van der Waals surface area contributed by atoms with Crippen LogP contribution in [0.1, 0.15) is 39.2 Å². The number of pyridine rings is 2. The predicted octanol–water partition coefficient (Wildman–Crippen LogP) is 4.25. The number of Topliss-reactive ketones (excluding diaryl/α,β-unsaturated/α-hetero) is 1. The van der Waals surface area contributed by atoms with Gasteiger partial charge < -0.3 is 15.6 Å². The van der Waals surface area contributed by atoms with Gasteiger partial charge in [-0.1, -0.05) is 6.92 Å². The number of rotatable bonds is 6. The average molecular weight is 431 g/mol. The summed E-state index contributed by atoms with van der Waals surface area (Å²) in [4.78, 5) is 27.3. The number of piperidine rings is 1. The molecule has 0 radical (unpaired) electrons. The van der Waals surface area contributed by atoms with E-state index in [4.69, 9.17) is 11.1 Å². The lowest BCUT2D eigenvalue weighted by Gasteiger charge is -2.32. The van der Waals surface area contributed by atoms with Crippen LogP contribution in [0.5, 0.6) is 0 Å². The molecule has 0 saturated carbocycles. The summed E-state index contributed by atoms with van der Waals surface area (Å²) in [5, 5.41) is 8.99. The number of aromatic amines is 1. The lowest BCUT2D eigenvalue weighted by Crippen LogP contribution is -2.34. The molecule has 4 heterocycles. The van der Waals surface area contributed by atoms with Gasteiger partial charge in [-0.2, -0.15) is 0 Å². The highest BCUT2D eigenvalue weighted by Gasteiger charge is 2.18. The Kier molecular flexibility index (Phi) is 6.08. The first-order chi connectivity index (χ1) is 15.3. The van der Waals surface area contributed by atoms with Crippen molar-refractivity contribution in [1.29, 1.82) is 5.41 Å². The van der Waals surface area contributed by atoms with Crippen molar-refractivity contribution in [2.24, 2.45) is 11.7 Å². The van der Waals surface area contributed by atoms with E-state index in [0.717, 1.165) is 46.8 Å². The Balaban J connectivity index is 1.56. The predicted molar refractivity (Wildman–Crippen MR) is 129 cm³/mol. The smallest absolute Gasteiger partial charge is 0.185 e. The number of hydrogen-bond donors (Lipinski definition) is 3. The maximum atomic E-state index is 12.5.